The van der Waals surface area contributed by atoms with Crippen molar-refractivity contribution >= 4 is 15.8 Å². The third kappa shape index (κ3) is 3.58. The van der Waals surface area contributed by atoms with Gasteiger partial charge in [0.25, 0.3) is 0 Å². The molecule has 7 heteroatoms. The minimum atomic E-state index is -3.41. The highest BCUT2D eigenvalue weighted by molar-refractivity contribution is 7.89. The zero-order valence-electron chi connectivity index (χ0n) is 14.5. The average Bonchev–Trinajstić information content (AvgIpc) is 2.63. The molecule has 3 rings (SSSR count). The Morgan fingerprint density at radius 2 is 1.92 bits per heavy atom. The lowest BCUT2D eigenvalue weighted by Crippen LogP contribution is -2.44. The van der Waals surface area contributed by atoms with Crippen LogP contribution in [-0.2, 0) is 14.8 Å². The molecule has 2 unspecified atom stereocenters. The fraction of sp³-hybridized carbons (Fsp3) is 0.706. The first-order chi connectivity index (χ1) is 11.5. The predicted octanol–water partition coefficient (Wildman–Crippen LogP) is 2.12. The van der Waals surface area contributed by atoms with Crippen LogP contribution in [0.25, 0.3) is 0 Å². The summed E-state index contributed by atoms with van der Waals surface area (Å²) in [4.78, 5) is 6.89. The van der Waals surface area contributed by atoms with Gasteiger partial charge < -0.3 is 9.64 Å². The fourth-order valence-corrected chi connectivity index (χ4v) is 4.98. The molecule has 2 aliphatic heterocycles. The second-order valence-corrected chi connectivity index (χ2v) is 8.74. The van der Waals surface area contributed by atoms with E-state index in [1.54, 1.807) is 17.5 Å². The number of ether oxygens (including phenoxy) is 1. The van der Waals surface area contributed by atoms with E-state index in [0.29, 0.717) is 23.9 Å². The molecule has 1 aromatic rings. The Balaban J connectivity index is 1.73. The number of piperidine rings is 2. The van der Waals surface area contributed by atoms with E-state index in [0.717, 1.165) is 44.6 Å². The first-order valence-electron chi connectivity index (χ1n) is 8.76. The van der Waals surface area contributed by atoms with E-state index in [1.165, 1.54) is 6.20 Å². The minimum Gasteiger partial charge on any atom is -0.379 e. The number of pyridine rings is 1. The van der Waals surface area contributed by atoms with E-state index in [2.05, 4.69) is 16.8 Å². The van der Waals surface area contributed by atoms with Crippen LogP contribution in [0.1, 0.15) is 32.6 Å². The number of rotatable bonds is 4. The molecule has 0 aliphatic carbocycles. The van der Waals surface area contributed by atoms with Crippen molar-refractivity contribution in [2.75, 3.05) is 38.2 Å². The maximum atomic E-state index is 12.7. The SMILES string of the molecule is COC1CN(c2ccc(S(=O)(=O)N3CCCCC3)cn2)CCC1C. The van der Waals surface area contributed by atoms with E-state index in [-0.39, 0.29) is 6.10 Å². The van der Waals surface area contributed by atoms with Crippen LogP contribution in [-0.4, -0.2) is 57.1 Å². The number of nitrogens with zero attached hydrogens (tertiary/aromatic N) is 3. The van der Waals surface area contributed by atoms with Crippen LogP contribution in [0.2, 0.25) is 0 Å². The lowest BCUT2D eigenvalue weighted by Gasteiger charge is -2.37. The van der Waals surface area contributed by atoms with Gasteiger partial charge in [-0.15, -0.1) is 0 Å². The Morgan fingerprint density at radius 1 is 1.17 bits per heavy atom. The third-order valence-electron chi connectivity index (χ3n) is 5.19. The van der Waals surface area contributed by atoms with Crippen LogP contribution in [0.3, 0.4) is 0 Å². The molecule has 0 spiro atoms. The number of hydrogen-bond donors (Lipinski definition) is 0. The van der Waals surface area contributed by atoms with Gasteiger partial charge in [0.2, 0.25) is 10.0 Å². The minimum absolute atomic E-state index is 0.192. The molecule has 0 radical (unpaired) electrons. The van der Waals surface area contributed by atoms with Crippen LogP contribution >= 0.6 is 0 Å². The van der Waals surface area contributed by atoms with Gasteiger partial charge in [-0.05, 0) is 37.3 Å². The number of aromatic nitrogens is 1. The summed E-state index contributed by atoms with van der Waals surface area (Å²) in [6.45, 7) is 5.15. The first kappa shape index (κ1) is 17.6. The van der Waals surface area contributed by atoms with Crippen molar-refractivity contribution in [2.24, 2.45) is 5.92 Å². The zero-order chi connectivity index (χ0) is 17.2. The van der Waals surface area contributed by atoms with Gasteiger partial charge >= 0.3 is 0 Å². The van der Waals surface area contributed by atoms with E-state index in [1.807, 2.05) is 6.07 Å². The summed E-state index contributed by atoms with van der Waals surface area (Å²) in [6, 6.07) is 3.51. The van der Waals surface area contributed by atoms with E-state index in [4.69, 9.17) is 4.74 Å². The van der Waals surface area contributed by atoms with Gasteiger partial charge in [0.15, 0.2) is 0 Å². The smallest absolute Gasteiger partial charge is 0.244 e. The van der Waals surface area contributed by atoms with E-state index < -0.39 is 10.0 Å². The fourth-order valence-electron chi connectivity index (χ4n) is 3.52. The Hall–Kier alpha value is -1.18. The summed E-state index contributed by atoms with van der Waals surface area (Å²) >= 11 is 0. The number of anilines is 1. The molecule has 2 fully saturated rings. The van der Waals surface area contributed by atoms with Gasteiger partial charge in [-0.2, -0.15) is 4.31 Å². The molecule has 0 amide bonds. The molecule has 2 atom stereocenters. The average molecular weight is 353 g/mol. The van der Waals surface area contributed by atoms with E-state index >= 15 is 0 Å². The van der Waals surface area contributed by atoms with Crippen LogP contribution in [0.15, 0.2) is 23.2 Å². The Bertz CT molecular complexity index is 642. The summed E-state index contributed by atoms with van der Waals surface area (Å²) in [5.41, 5.74) is 0. The van der Waals surface area contributed by atoms with Crippen molar-refractivity contribution in [1.82, 2.24) is 9.29 Å². The van der Waals surface area contributed by atoms with Crippen molar-refractivity contribution in [3.05, 3.63) is 18.3 Å². The number of hydrogen-bond acceptors (Lipinski definition) is 5. The Morgan fingerprint density at radius 3 is 2.54 bits per heavy atom. The molecule has 3 heterocycles. The monoisotopic (exact) mass is 353 g/mol. The Labute approximate surface area is 144 Å². The highest BCUT2D eigenvalue weighted by Crippen LogP contribution is 2.25. The number of sulfonamides is 1. The zero-order valence-corrected chi connectivity index (χ0v) is 15.3. The largest absolute Gasteiger partial charge is 0.379 e. The van der Waals surface area contributed by atoms with Gasteiger partial charge in [0.05, 0.1) is 6.10 Å². The van der Waals surface area contributed by atoms with Gasteiger partial charge in [0, 0.05) is 39.5 Å². The highest BCUT2D eigenvalue weighted by Gasteiger charge is 2.28. The van der Waals surface area contributed by atoms with Crippen molar-refractivity contribution in [3.8, 4) is 0 Å². The molecule has 2 aliphatic rings. The molecule has 0 saturated carbocycles. The van der Waals surface area contributed by atoms with Crippen molar-refractivity contribution in [3.63, 3.8) is 0 Å². The van der Waals surface area contributed by atoms with Crippen molar-refractivity contribution in [1.29, 1.82) is 0 Å². The standard InChI is InChI=1S/C17H27N3O3S/c1-14-8-11-19(13-16(14)23-2)17-7-6-15(12-18-17)24(21,22)20-9-4-3-5-10-20/h6-7,12,14,16H,3-5,8-11,13H2,1-2H3. The molecular formula is C17H27N3O3S. The lowest BCUT2D eigenvalue weighted by molar-refractivity contribution is 0.0496. The predicted molar refractivity (Wildman–Crippen MR) is 93.6 cm³/mol. The summed E-state index contributed by atoms with van der Waals surface area (Å²) in [6.07, 6.45) is 5.73. The quantitative estimate of drug-likeness (QED) is 0.830. The lowest BCUT2D eigenvalue weighted by atomic mass is 9.96. The molecule has 6 nitrogen and oxygen atoms in total. The van der Waals surface area contributed by atoms with Gasteiger partial charge in [-0.1, -0.05) is 13.3 Å². The molecule has 1 aromatic heterocycles. The molecule has 24 heavy (non-hydrogen) atoms. The maximum absolute atomic E-state index is 12.7. The van der Waals surface area contributed by atoms with Crippen LogP contribution in [0.4, 0.5) is 5.82 Å². The Kier molecular flexibility index (Phi) is 5.42. The normalized spacial score (nSPS) is 26.5. The first-order valence-corrected chi connectivity index (χ1v) is 10.2. The summed E-state index contributed by atoms with van der Waals surface area (Å²) < 4.78 is 32.5. The van der Waals surface area contributed by atoms with Gasteiger partial charge in [-0.3, -0.25) is 0 Å². The molecule has 0 aromatic carbocycles. The molecular weight excluding hydrogens is 326 g/mol. The van der Waals surface area contributed by atoms with Crippen molar-refractivity contribution < 1.29 is 13.2 Å². The summed E-state index contributed by atoms with van der Waals surface area (Å²) in [5.74, 6) is 1.35. The molecule has 2 saturated heterocycles. The molecule has 134 valence electrons. The summed E-state index contributed by atoms with van der Waals surface area (Å²) in [5, 5.41) is 0. The number of methoxy groups -OCH3 is 1. The van der Waals surface area contributed by atoms with E-state index in [9.17, 15) is 8.42 Å². The third-order valence-corrected chi connectivity index (χ3v) is 7.07. The second-order valence-electron chi connectivity index (χ2n) is 6.80. The van der Waals surface area contributed by atoms with Gasteiger partial charge in [-0.25, -0.2) is 13.4 Å². The molecule has 0 N–H and O–H groups in total. The maximum Gasteiger partial charge on any atom is 0.244 e. The molecule has 0 bridgehead atoms. The topological polar surface area (TPSA) is 62.7 Å². The highest BCUT2D eigenvalue weighted by atomic mass is 32.2. The second kappa shape index (κ2) is 7.37. The van der Waals surface area contributed by atoms with Crippen LogP contribution < -0.4 is 4.90 Å². The van der Waals surface area contributed by atoms with Gasteiger partial charge in [0.1, 0.15) is 10.7 Å². The van der Waals surface area contributed by atoms with Crippen LogP contribution in [0, 0.1) is 5.92 Å². The van der Waals surface area contributed by atoms with Crippen LogP contribution in [0.5, 0.6) is 0 Å². The van der Waals surface area contributed by atoms with Crippen molar-refractivity contribution in [2.45, 2.75) is 43.6 Å². The summed E-state index contributed by atoms with van der Waals surface area (Å²) in [7, 11) is -1.66.